The highest BCUT2D eigenvalue weighted by molar-refractivity contribution is 7.89. The predicted molar refractivity (Wildman–Crippen MR) is 129 cm³/mol. The van der Waals surface area contributed by atoms with E-state index in [0.717, 1.165) is 19.5 Å². The van der Waals surface area contributed by atoms with Crippen molar-refractivity contribution < 1.29 is 17.9 Å². The molecule has 4 rings (SSSR count). The number of halogens is 1. The molecule has 9 heteroatoms. The standard InChI is InChI=1S/C24H30ClN3O4S/c1-17-14-28(15-18(2)32-17)33(30,31)23-12-20(8-9-22(23)25)24(29)26-13-19-10-11-27(16-19)21-6-4-3-5-7-21/h3-9,12,17-19H,10-11,13-16H2,1-2H3,(H,26,29). The lowest BCUT2D eigenvalue weighted by Crippen LogP contribution is -2.48. The second-order valence-electron chi connectivity index (χ2n) is 8.87. The normalized spacial score (nSPS) is 24.1. The van der Waals surface area contributed by atoms with Crippen molar-refractivity contribution in [1.29, 1.82) is 0 Å². The summed E-state index contributed by atoms with van der Waals surface area (Å²) in [5, 5.41) is 3.07. The fourth-order valence-electron chi connectivity index (χ4n) is 4.52. The van der Waals surface area contributed by atoms with Gasteiger partial charge in [0.15, 0.2) is 0 Å². The maximum absolute atomic E-state index is 13.3. The summed E-state index contributed by atoms with van der Waals surface area (Å²) in [7, 11) is -3.85. The van der Waals surface area contributed by atoms with Gasteiger partial charge in [-0.05, 0) is 56.5 Å². The van der Waals surface area contributed by atoms with Crippen molar-refractivity contribution in [3.8, 4) is 0 Å². The molecule has 7 nitrogen and oxygen atoms in total. The molecule has 1 amide bonds. The van der Waals surface area contributed by atoms with E-state index in [1.165, 1.54) is 22.1 Å². The fourth-order valence-corrected chi connectivity index (χ4v) is 6.61. The van der Waals surface area contributed by atoms with Crippen molar-refractivity contribution in [3.63, 3.8) is 0 Å². The molecule has 0 spiro atoms. The van der Waals surface area contributed by atoms with Crippen molar-refractivity contribution in [2.75, 3.05) is 37.6 Å². The second kappa shape index (κ2) is 10.0. The lowest BCUT2D eigenvalue weighted by Gasteiger charge is -2.34. The molecule has 0 bridgehead atoms. The molecule has 3 unspecified atom stereocenters. The van der Waals surface area contributed by atoms with Crippen LogP contribution in [0.2, 0.25) is 5.02 Å². The number of hydrogen-bond acceptors (Lipinski definition) is 5. The first kappa shape index (κ1) is 24.0. The molecule has 33 heavy (non-hydrogen) atoms. The van der Waals surface area contributed by atoms with Crippen LogP contribution in [0.15, 0.2) is 53.4 Å². The first-order valence-electron chi connectivity index (χ1n) is 11.3. The summed E-state index contributed by atoms with van der Waals surface area (Å²) in [6.07, 6.45) is 0.564. The quantitative estimate of drug-likeness (QED) is 0.670. The number of benzene rings is 2. The Morgan fingerprint density at radius 3 is 2.48 bits per heavy atom. The Morgan fingerprint density at radius 2 is 1.79 bits per heavy atom. The zero-order valence-corrected chi connectivity index (χ0v) is 20.5. The molecule has 3 atom stereocenters. The largest absolute Gasteiger partial charge is 0.373 e. The third-order valence-corrected chi connectivity index (χ3v) is 8.47. The van der Waals surface area contributed by atoms with E-state index in [1.54, 1.807) is 6.07 Å². The van der Waals surface area contributed by atoms with E-state index in [0.29, 0.717) is 12.5 Å². The van der Waals surface area contributed by atoms with Crippen LogP contribution >= 0.6 is 11.6 Å². The number of rotatable bonds is 6. The van der Waals surface area contributed by atoms with E-state index in [9.17, 15) is 13.2 Å². The highest BCUT2D eigenvalue weighted by atomic mass is 35.5. The number of sulfonamides is 1. The van der Waals surface area contributed by atoms with Crippen LogP contribution in [0.4, 0.5) is 5.69 Å². The van der Waals surface area contributed by atoms with E-state index >= 15 is 0 Å². The number of nitrogens with zero attached hydrogens (tertiary/aromatic N) is 2. The molecule has 0 aromatic heterocycles. The average Bonchev–Trinajstić information content (AvgIpc) is 3.27. The minimum atomic E-state index is -3.85. The van der Waals surface area contributed by atoms with Gasteiger partial charge < -0.3 is 15.0 Å². The van der Waals surface area contributed by atoms with Gasteiger partial charge in [-0.25, -0.2) is 8.42 Å². The van der Waals surface area contributed by atoms with Gasteiger partial charge in [0.25, 0.3) is 5.91 Å². The molecule has 2 fully saturated rings. The van der Waals surface area contributed by atoms with Crippen LogP contribution in [0, 0.1) is 5.92 Å². The van der Waals surface area contributed by atoms with Gasteiger partial charge >= 0.3 is 0 Å². The number of hydrogen-bond donors (Lipinski definition) is 1. The lowest BCUT2D eigenvalue weighted by atomic mass is 10.1. The van der Waals surface area contributed by atoms with Crippen molar-refractivity contribution in [2.24, 2.45) is 5.92 Å². The van der Waals surface area contributed by atoms with Gasteiger partial charge in [0.05, 0.1) is 17.2 Å². The van der Waals surface area contributed by atoms with Crippen LogP contribution in [-0.2, 0) is 14.8 Å². The highest BCUT2D eigenvalue weighted by Gasteiger charge is 2.34. The molecular weight excluding hydrogens is 462 g/mol. The second-order valence-corrected chi connectivity index (χ2v) is 11.2. The molecule has 1 N–H and O–H groups in total. The zero-order valence-electron chi connectivity index (χ0n) is 18.9. The molecule has 2 aliphatic rings. The Hall–Kier alpha value is -2.13. The van der Waals surface area contributed by atoms with E-state index in [4.69, 9.17) is 16.3 Å². The number of carbonyl (C=O) groups excluding carboxylic acids is 1. The van der Waals surface area contributed by atoms with Crippen molar-refractivity contribution >= 4 is 33.2 Å². The summed E-state index contributed by atoms with van der Waals surface area (Å²) >= 11 is 6.26. The average molecular weight is 492 g/mol. The summed E-state index contributed by atoms with van der Waals surface area (Å²) in [6.45, 7) is 6.53. The van der Waals surface area contributed by atoms with E-state index in [1.807, 2.05) is 32.0 Å². The maximum Gasteiger partial charge on any atom is 0.251 e. The summed E-state index contributed by atoms with van der Waals surface area (Å²) in [5.41, 5.74) is 1.47. The molecule has 2 saturated heterocycles. The van der Waals surface area contributed by atoms with Gasteiger partial charge in [0.1, 0.15) is 4.90 Å². The third-order valence-electron chi connectivity index (χ3n) is 6.16. The molecule has 0 saturated carbocycles. The van der Waals surface area contributed by atoms with Crippen LogP contribution in [0.3, 0.4) is 0 Å². The van der Waals surface area contributed by atoms with Crippen LogP contribution in [-0.4, -0.2) is 63.6 Å². The number of para-hydroxylation sites is 1. The molecule has 178 valence electrons. The van der Waals surface area contributed by atoms with Crippen LogP contribution < -0.4 is 10.2 Å². The lowest BCUT2D eigenvalue weighted by molar-refractivity contribution is -0.0440. The van der Waals surface area contributed by atoms with Gasteiger partial charge in [-0.15, -0.1) is 0 Å². The Morgan fingerprint density at radius 1 is 1.09 bits per heavy atom. The molecule has 2 aromatic rings. The summed E-state index contributed by atoms with van der Waals surface area (Å²) in [6, 6.07) is 14.6. The molecule has 2 heterocycles. The van der Waals surface area contributed by atoms with Gasteiger partial charge in [-0.3, -0.25) is 4.79 Å². The van der Waals surface area contributed by atoms with Crippen LogP contribution in [0.5, 0.6) is 0 Å². The first-order valence-corrected chi connectivity index (χ1v) is 13.1. The van der Waals surface area contributed by atoms with E-state index in [-0.39, 0.29) is 46.7 Å². The van der Waals surface area contributed by atoms with Gasteiger partial charge in [-0.2, -0.15) is 4.31 Å². The number of morpholine rings is 1. The number of ether oxygens (including phenoxy) is 1. The van der Waals surface area contributed by atoms with Gasteiger partial charge in [-0.1, -0.05) is 29.8 Å². The smallest absolute Gasteiger partial charge is 0.251 e. The number of anilines is 1. The fraction of sp³-hybridized carbons (Fsp3) is 0.458. The van der Waals surface area contributed by atoms with E-state index < -0.39 is 10.0 Å². The summed E-state index contributed by atoms with van der Waals surface area (Å²) in [4.78, 5) is 15.1. The predicted octanol–water partition coefficient (Wildman–Crippen LogP) is 3.39. The first-order chi connectivity index (χ1) is 15.7. The van der Waals surface area contributed by atoms with Crippen LogP contribution in [0.25, 0.3) is 0 Å². The Balaban J connectivity index is 1.41. The van der Waals surface area contributed by atoms with Gasteiger partial charge in [0, 0.05) is 44.0 Å². The van der Waals surface area contributed by atoms with Gasteiger partial charge in [0.2, 0.25) is 10.0 Å². The molecule has 2 aliphatic heterocycles. The number of nitrogens with one attached hydrogen (secondary N) is 1. The van der Waals surface area contributed by atoms with Crippen molar-refractivity contribution in [3.05, 3.63) is 59.1 Å². The Bertz CT molecular complexity index is 1090. The highest BCUT2D eigenvalue weighted by Crippen LogP contribution is 2.28. The Kier molecular flexibility index (Phi) is 7.28. The van der Waals surface area contributed by atoms with Crippen molar-refractivity contribution in [2.45, 2.75) is 37.4 Å². The SMILES string of the molecule is CC1CN(S(=O)(=O)c2cc(C(=O)NCC3CCN(c4ccccc4)C3)ccc2Cl)CC(C)O1. The monoisotopic (exact) mass is 491 g/mol. The minimum absolute atomic E-state index is 0.0470. The maximum atomic E-state index is 13.3. The third kappa shape index (κ3) is 5.51. The topological polar surface area (TPSA) is 79.0 Å². The molecular formula is C24H30ClN3O4S. The Labute approximate surface area is 200 Å². The van der Waals surface area contributed by atoms with E-state index in [2.05, 4.69) is 22.3 Å². The minimum Gasteiger partial charge on any atom is -0.373 e. The number of carbonyl (C=O) groups is 1. The zero-order chi connectivity index (χ0) is 23.6. The molecule has 0 radical (unpaired) electrons. The summed E-state index contributed by atoms with van der Waals surface area (Å²) < 4.78 is 33.6. The molecule has 0 aliphatic carbocycles. The van der Waals surface area contributed by atoms with Crippen LogP contribution in [0.1, 0.15) is 30.6 Å². The van der Waals surface area contributed by atoms with Crippen molar-refractivity contribution in [1.82, 2.24) is 9.62 Å². The summed E-state index contributed by atoms with van der Waals surface area (Å²) in [5.74, 6) is 0.0333. The number of amides is 1. The molecule has 2 aromatic carbocycles.